The second-order valence-electron chi connectivity index (χ2n) is 6.84. The molecule has 0 saturated carbocycles. The minimum atomic E-state index is -2.94. The first-order chi connectivity index (χ1) is 15.0. The molecule has 2 aromatic heterocycles. The summed E-state index contributed by atoms with van der Waals surface area (Å²) in [6.45, 7) is -0.874. The van der Waals surface area contributed by atoms with Gasteiger partial charge in [0, 0.05) is 12.8 Å². The Morgan fingerprint density at radius 2 is 1.94 bits per heavy atom. The van der Waals surface area contributed by atoms with Crippen LogP contribution in [0.2, 0.25) is 5.28 Å². The van der Waals surface area contributed by atoms with Gasteiger partial charge < -0.3 is 35.6 Å². The van der Waals surface area contributed by atoms with Gasteiger partial charge in [-0.15, -0.1) is 0 Å². The van der Waals surface area contributed by atoms with E-state index in [9.17, 15) is 34.1 Å². The first kappa shape index (κ1) is 23.5. The molecular weight excluding hydrogens is 461 g/mol. The fourth-order valence-corrected chi connectivity index (χ4v) is 3.34. The van der Waals surface area contributed by atoms with Gasteiger partial charge >= 0.3 is 17.9 Å². The van der Waals surface area contributed by atoms with E-state index >= 15 is 0 Å². The van der Waals surface area contributed by atoms with Gasteiger partial charge in [0.05, 0.1) is 12.9 Å². The van der Waals surface area contributed by atoms with Crippen molar-refractivity contribution in [3.8, 4) is 0 Å². The highest BCUT2D eigenvalue weighted by Gasteiger charge is 2.51. The lowest BCUT2D eigenvalue weighted by Gasteiger charge is -2.26. The molecule has 4 atom stereocenters. The summed E-state index contributed by atoms with van der Waals surface area (Å²) in [6, 6.07) is 0. The molecule has 32 heavy (non-hydrogen) atoms. The van der Waals surface area contributed by atoms with Gasteiger partial charge in [0.15, 0.2) is 23.9 Å². The van der Waals surface area contributed by atoms with Crippen molar-refractivity contribution in [1.82, 2.24) is 19.5 Å². The molecule has 6 N–H and O–H groups in total. The lowest BCUT2D eigenvalue weighted by Crippen LogP contribution is -2.51. The van der Waals surface area contributed by atoms with Crippen LogP contribution in [0.1, 0.15) is 19.1 Å². The molecule has 3 heterocycles. The van der Waals surface area contributed by atoms with Crippen molar-refractivity contribution in [1.29, 1.82) is 0 Å². The van der Waals surface area contributed by atoms with Crippen LogP contribution < -0.4 is 5.73 Å². The summed E-state index contributed by atoms with van der Waals surface area (Å²) in [6.07, 6.45) is -7.60. The lowest BCUT2D eigenvalue weighted by molar-refractivity contribution is -0.191. The highest BCUT2D eigenvalue weighted by atomic mass is 35.5. The van der Waals surface area contributed by atoms with E-state index in [4.69, 9.17) is 31.9 Å². The zero-order chi connectivity index (χ0) is 23.8. The number of ether oxygens (including phenoxy) is 2. The Morgan fingerprint density at radius 1 is 1.28 bits per heavy atom. The molecule has 1 fully saturated rings. The molecule has 1 aliphatic rings. The van der Waals surface area contributed by atoms with Crippen molar-refractivity contribution < 1.29 is 48.7 Å². The molecule has 14 nitrogen and oxygen atoms in total. The molecule has 2 aromatic rings. The van der Waals surface area contributed by atoms with Gasteiger partial charge in [-0.05, 0) is 11.6 Å². The van der Waals surface area contributed by atoms with E-state index in [1.54, 1.807) is 0 Å². The standard InChI is InChI=1S/C16H17ClFN5O9/c17-15-21-10(19)8-11(22-15)23(4-20-8)12-7(18)9(26)5(32-12)3-31-16(13(27)28,14(29)30)2-1-6(24)25/h4-5,7,9,12,26H,1-3H2,(H,24,25)(H,27,28)(H,29,30)(H2,19,21,22)/t5-,7+,9-,12-/m1/s1. The molecule has 0 aromatic carbocycles. The number of hydrogen-bond donors (Lipinski definition) is 5. The average Bonchev–Trinajstić information content (AvgIpc) is 3.23. The van der Waals surface area contributed by atoms with Crippen molar-refractivity contribution in [3.63, 3.8) is 0 Å². The van der Waals surface area contributed by atoms with Crippen molar-refractivity contribution in [3.05, 3.63) is 11.6 Å². The Bertz CT molecular complexity index is 1050. The van der Waals surface area contributed by atoms with Crippen LogP contribution in [0.5, 0.6) is 0 Å². The molecule has 174 valence electrons. The molecular formula is C16H17ClFN5O9. The number of aliphatic hydroxyl groups excluding tert-OH is 1. The van der Waals surface area contributed by atoms with E-state index < -0.39 is 67.6 Å². The smallest absolute Gasteiger partial charge is 0.347 e. The van der Waals surface area contributed by atoms with Gasteiger partial charge in [-0.2, -0.15) is 9.97 Å². The number of carboxylic acid groups (broad SMARTS) is 3. The van der Waals surface area contributed by atoms with Gasteiger partial charge in [0.2, 0.25) is 5.28 Å². The van der Waals surface area contributed by atoms with Crippen LogP contribution in [0.4, 0.5) is 10.2 Å². The molecule has 0 spiro atoms. The number of aliphatic carboxylic acids is 3. The second kappa shape index (κ2) is 8.78. The van der Waals surface area contributed by atoms with Crippen LogP contribution in [0.3, 0.4) is 0 Å². The molecule has 0 radical (unpaired) electrons. The van der Waals surface area contributed by atoms with E-state index in [0.717, 1.165) is 10.9 Å². The zero-order valence-electron chi connectivity index (χ0n) is 16.0. The molecule has 0 amide bonds. The maximum absolute atomic E-state index is 14.8. The number of nitrogen functional groups attached to an aromatic ring is 1. The number of aromatic nitrogens is 4. The van der Waals surface area contributed by atoms with E-state index in [0.29, 0.717) is 0 Å². The normalized spacial score (nSPS) is 23.5. The number of anilines is 1. The molecule has 16 heteroatoms. The van der Waals surface area contributed by atoms with Crippen molar-refractivity contribution in [2.75, 3.05) is 12.3 Å². The van der Waals surface area contributed by atoms with Crippen molar-refractivity contribution in [2.24, 2.45) is 0 Å². The van der Waals surface area contributed by atoms with Gasteiger partial charge in [-0.25, -0.2) is 19.0 Å². The predicted octanol–water partition coefficient (Wildman–Crippen LogP) is -0.552. The summed E-state index contributed by atoms with van der Waals surface area (Å²) in [5.74, 6) is -5.46. The minimum Gasteiger partial charge on any atom is -0.481 e. The van der Waals surface area contributed by atoms with E-state index in [1.807, 2.05) is 0 Å². The van der Waals surface area contributed by atoms with E-state index in [2.05, 4.69) is 15.0 Å². The van der Waals surface area contributed by atoms with Crippen LogP contribution in [-0.2, 0) is 23.9 Å². The maximum Gasteiger partial charge on any atom is 0.347 e. The van der Waals surface area contributed by atoms with Crippen molar-refractivity contribution in [2.45, 2.75) is 43.1 Å². The summed E-state index contributed by atoms with van der Waals surface area (Å²) in [5, 5.41) is 37.4. The number of carbonyl (C=O) groups is 3. The Morgan fingerprint density at radius 3 is 2.53 bits per heavy atom. The zero-order valence-corrected chi connectivity index (χ0v) is 16.7. The third kappa shape index (κ3) is 4.14. The fourth-order valence-electron chi connectivity index (χ4n) is 3.17. The highest BCUT2D eigenvalue weighted by Crippen LogP contribution is 2.35. The minimum absolute atomic E-state index is 0.00389. The largest absolute Gasteiger partial charge is 0.481 e. The number of hydrogen-bond acceptors (Lipinski definition) is 10. The highest BCUT2D eigenvalue weighted by molar-refractivity contribution is 6.28. The van der Waals surface area contributed by atoms with Gasteiger partial charge in [-0.3, -0.25) is 9.36 Å². The first-order valence-corrected chi connectivity index (χ1v) is 9.31. The van der Waals surface area contributed by atoms with Crippen LogP contribution in [0.15, 0.2) is 6.33 Å². The number of carboxylic acids is 3. The topological polar surface area (TPSA) is 220 Å². The number of nitrogens with two attached hydrogens (primary N) is 1. The van der Waals surface area contributed by atoms with Crippen LogP contribution in [0.25, 0.3) is 11.2 Å². The molecule has 1 saturated heterocycles. The summed E-state index contributed by atoms with van der Waals surface area (Å²) in [4.78, 5) is 45.5. The summed E-state index contributed by atoms with van der Waals surface area (Å²) < 4.78 is 26.3. The number of imidazole rings is 1. The van der Waals surface area contributed by atoms with Crippen LogP contribution in [0, 0.1) is 0 Å². The number of aliphatic hydroxyl groups is 1. The summed E-state index contributed by atoms with van der Waals surface area (Å²) in [5.41, 5.74) is 2.83. The quantitative estimate of drug-likeness (QED) is 0.226. The third-order valence-electron chi connectivity index (χ3n) is 4.86. The summed E-state index contributed by atoms with van der Waals surface area (Å²) in [7, 11) is 0. The molecule has 3 rings (SSSR count). The monoisotopic (exact) mass is 477 g/mol. The van der Waals surface area contributed by atoms with Gasteiger partial charge in [0.1, 0.15) is 17.7 Å². The average molecular weight is 478 g/mol. The van der Waals surface area contributed by atoms with Crippen LogP contribution in [-0.4, -0.2) is 88.4 Å². The number of nitrogens with zero attached hydrogens (tertiary/aromatic N) is 4. The van der Waals surface area contributed by atoms with Crippen LogP contribution >= 0.6 is 11.6 Å². The fraction of sp³-hybridized carbons (Fsp3) is 0.500. The number of halogens is 2. The number of rotatable bonds is 9. The van der Waals surface area contributed by atoms with Gasteiger partial charge in [-0.1, -0.05) is 0 Å². The number of alkyl halides is 1. The predicted molar refractivity (Wildman–Crippen MR) is 100 cm³/mol. The second-order valence-corrected chi connectivity index (χ2v) is 7.18. The Balaban J connectivity index is 1.83. The molecule has 0 aliphatic carbocycles. The van der Waals surface area contributed by atoms with E-state index in [-0.39, 0.29) is 22.3 Å². The van der Waals surface area contributed by atoms with Gasteiger partial charge in [0.25, 0.3) is 5.60 Å². The summed E-state index contributed by atoms with van der Waals surface area (Å²) >= 11 is 5.76. The molecule has 0 bridgehead atoms. The maximum atomic E-state index is 14.8. The Kier molecular flexibility index (Phi) is 6.45. The number of fused-ring (bicyclic) bond motifs is 1. The molecule has 1 aliphatic heterocycles. The SMILES string of the molecule is Nc1nc(Cl)nc2c1ncn2[C@@H]1O[C@H](COC(CCC(=O)O)(C(=O)O)C(=O)O)[C@@H](O)[C@@H]1F. The molecule has 0 unspecified atom stereocenters. The first-order valence-electron chi connectivity index (χ1n) is 8.93. The Hall–Kier alpha value is -3.14. The van der Waals surface area contributed by atoms with E-state index in [1.165, 1.54) is 0 Å². The third-order valence-corrected chi connectivity index (χ3v) is 5.03. The lowest BCUT2D eigenvalue weighted by atomic mass is 9.97. The Labute approximate surface area is 182 Å². The van der Waals surface area contributed by atoms with Crippen molar-refractivity contribution >= 4 is 46.5 Å².